The van der Waals surface area contributed by atoms with Gasteiger partial charge in [0.2, 0.25) is 0 Å². The molecular formula is C20H23N5OS2. The molecule has 28 heavy (non-hydrogen) atoms. The first-order valence-corrected chi connectivity index (χ1v) is 11.2. The molecule has 0 radical (unpaired) electrons. The van der Waals surface area contributed by atoms with Crippen molar-refractivity contribution >= 4 is 34.4 Å². The maximum atomic E-state index is 12.4. The largest absolute Gasteiger partial charge is 0.354 e. The Bertz CT molecular complexity index is 899. The molecule has 0 atom stereocenters. The van der Waals surface area contributed by atoms with Gasteiger partial charge in [-0.2, -0.15) is 0 Å². The zero-order valence-corrected chi connectivity index (χ0v) is 17.4. The zero-order valence-electron chi connectivity index (χ0n) is 15.8. The molecule has 1 saturated heterocycles. The van der Waals surface area contributed by atoms with Crippen molar-refractivity contribution in [3.63, 3.8) is 0 Å². The van der Waals surface area contributed by atoms with Crippen LogP contribution in [0.15, 0.2) is 41.2 Å². The average Bonchev–Trinajstić information content (AvgIpc) is 3.44. The fourth-order valence-corrected chi connectivity index (χ4v) is 4.78. The van der Waals surface area contributed by atoms with E-state index in [1.165, 1.54) is 11.3 Å². The van der Waals surface area contributed by atoms with E-state index in [0.717, 1.165) is 54.0 Å². The maximum absolute atomic E-state index is 12.4. The topological polar surface area (TPSA) is 61.4 Å². The molecule has 0 spiro atoms. The summed E-state index contributed by atoms with van der Waals surface area (Å²) in [5.41, 5.74) is 1.45. The van der Waals surface area contributed by atoms with Crippen molar-refractivity contribution in [3.05, 3.63) is 52.5 Å². The van der Waals surface area contributed by atoms with Gasteiger partial charge in [-0.15, -0.1) is 22.7 Å². The zero-order chi connectivity index (χ0) is 19.3. The van der Waals surface area contributed by atoms with Crippen molar-refractivity contribution < 1.29 is 4.79 Å². The number of thiophene rings is 1. The lowest BCUT2D eigenvalue weighted by Gasteiger charge is -2.34. The van der Waals surface area contributed by atoms with Gasteiger partial charge in [-0.05, 0) is 29.6 Å². The summed E-state index contributed by atoms with van der Waals surface area (Å²) in [5, 5.41) is 7.64. The van der Waals surface area contributed by atoms with Crippen molar-refractivity contribution in [3.8, 4) is 9.88 Å². The smallest absolute Gasteiger partial charge is 0.271 e. The van der Waals surface area contributed by atoms with Gasteiger partial charge in [-0.1, -0.05) is 19.1 Å². The van der Waals surface area contributed by atoms with Crippen LogP contribution in [-0.2, 0) is 6.54 Å². The Morgan fingerprint density at radius 3 is 2.71 bits per heavy atom. The van der Waals surface area contributed by atoms with E-state index in [-0.39, 0.29) is 5.91 Å². The summed E-state index contributed by atoms with van der Waals surface area (Å²) in [7, 11) is 0. The number of carbonyl (C=O) groups is 1. The van der Waals surface area contributed by atoms with Crippen molar-refractivity contribution in [1.82, 2.24) is 20.2 Å². The highest BCUT2D eigenvalue weighted by atomic mass is 32.1. The summed E-state index contributed by atoms with van der Waals surface area (Å²) in [4.78, 5) is 27.3. The summed E-state index contributed by atoms with van der Waals surface area (Å²) in [6.45, 7) is 7.93. The number of rotatable bonds is 6. The van der Waals surface area contributed by atoms with Crippen molar-refractivity contribution in [1.29, 1.82) is 0 Å². The van der Waals surface area contributed by atoms with Crippen LogP contribution >= 0.6 is 22.7 Å². The number of nitrogens with one attached hydrogen (secondary N) is 1. The predicted molar refractivity (Wildman–Crippen MR) is 115 cm³/mol. The Kier molecular flexibility index (Phi) is 5.99. The second kappa shape index (κ2) is 8.81. The van der Waals surface area contributed by atoms with Crippen LogP contribution in [-0.4, -0.2) is 53.5 Å². The molecule has 3 aromatic rings. The van der Waals surface area contributed by atoms with Crippen LogP contribution in [0.4, 0.5) is 5.82 Å². The van der Waals surface area contributed by atoms with Crippen LogP contribution in [0.5, 0.6) is 0 Å². The fourth-order valence-electron chi connectivity index (χ4n) is 3.17. The SMILES string of the molecule is CCN1CCN(c2ccc(CNC(=O)c3csc(-c4cccs4)n3)cn2)CC1. The Balaban J connectivity index is 1.31. The van der Waals surface area contributed by atoms with E-state index < -0.39 is 0 Å². The van der Waals surface area contributed by atoms with Crippen LogP contribution in [0, 0.1) is 0 Å². The molecule has 4 heterocycles. The minimum atomic E-state index is -0.154. The highest BCUT2D eigenvalue weighted by molar-refractivity contribution is 7.20. The highest BCUT2D eigenvalue weighted by Gasteiger charge is 2.17. The van der Waals surface area contributed by atoms with Crippen molar-refractivity contribution in [2.75, 3.05) is 37.6 Å². The third kappa shape index (κ3) is 4.40. The first-order valence-electron chi connectivity index (χ1n) is 9.43. The summed E-state index contributed by atoms with van der Waals surface area (Å²) >= 11 is 3.12. The Hall–Kier alpha value is -2.29. The maximum Gasteiger partial charge on any atom is 0.271 e. The average molecular weight is 414 g/mol. The van der Waals surface area contributed by atoms with E-state index in [0.29, 0.717) is 12.2 Å². The Morgan fingerprint density at radius 2 is 2.04 bits per heavy atom. The molecule has 8 heteroatoms. The summed E-state index contributed by atoms with van der Waals surface area (Å²) in [5.74, 6) is 0.852. The summed E-state index contributed by atoms with van der Waals surface area (Å²) in [6.07, 6.45) is 1.85. The number of aromatic nitrogens is 2. The van der Waals surface area contributed by atoms with E-state index in [4.69, 9.17) is 0 Å². The quantitative estimate of drug-likeness (QED) is 0.672. The van der Waals surface area contributed by atoms with Crippen LogP contribution in [0.3, 0.4) is 0 Å². The molecule has 146 valence electrons. The van der Waals surface area contributed by atoms with E-state index in [1.807, 2.05) is 41.2 Å². The number of amides is 1. The molecule has 1 N–H and O–H groups in total. The molecule has 1 aliphatic rings. The lowest BCUT2D eigenvalue weighted by Crippen LogP contribution is -2.46. The van der Waals surface area contributed by atoms with Crippen LogP contribution < -0.4 is 10.2 Å². The van der Waals surface area contributed by atoms with Gasteiger partial charge in [0.25, 0.3) is 5.91 Å². The van der Waals surface area contributed by atoms with Gasteiger partial charge < -0.3 is 15.1 Å². The fraction of sp³-hybridized carbons (Fsp3) is 0.350. The number of thiazole rings is 1. The molecule has 0 saturated carbocycles. The van der Waals surface area contributed by atoms with Crippen LogP contribution in [0.25, 0.3) is 9.88 Å². The van der Waals surface area contributed by atoms with Gasteiger partial charge in [0.15, 0.2) is 0 Å². The third-order valence-electron chi connectivity index (χ3n) is 4.87. The monoisotopic (exact) mass is 413 g/mol. The van der Waals surface area contributed by atoms with Crippen molar-refractivity contribution in [2.24, 2.45) is 0 Å². The standard InChI is InChI=1S/C20H23N5OS2/c1-2-24-7-9-25(10-8-24)18-6-5-15(12-21-18)13-22-19(26)16-14-28-20(23-16)17-4-3-11-27-17/h3-6,11-12,14H,2,7-10,13H2,1H3,(H,22,26). The van der Waals surface area contributed by atoms with E-state index in [2.05, 4.69) is 32.0 Å². The van der Waals surface area contributed by atoms with Gasteiger partial charge in [-0.25, -0.2) is 9.97 Å². The highest BCUT2D eigenvalue weighted by Crippen LogP contribution is 2.27. The molecule has 0 bridgehead atoms. The van der Waals surface area contributed by atoms with Gasteiger partial charge >= 0.3 is 0 Å². The lowest BCUT2D eigenvalue weighted by molar-refractivity contribution is 0.0946. The number of pyridine rings is 1. The molecule has 0 unspecified atom stereocenters. The minimum Gasteiger partial charge on any atom is -0.354 e. The molecule has 0 aliphatic carbocycles. The molecule has 1 aliphatic heterocycles. The Morgan fingerprint density at radius 1 is 1.18 bits per heavy atom. The second-order valence-electron chi connectivity index (χ2n) is 6.64. The molecule has 4 rings (SSSR count). The number of piperazine rings is 1. The molecular weight excluding hydrogens is 390 g/mol. The van der Waals surface area contributed by atoms with Gasteiger partial charge in [-0.3, -0.25) is 4.79 Å². The van der Waals surface area contributed by atoms with Gasteiger partial charge in [0, 0.05) is 44.3 Å². The Labute approximate surface area is 172 Å². The number of hydrogen-bond acceptors (Lipinski definition) is 7. The molecule has 3 aromatic heterocycles. The van der Waals surface area contributed by atoms with E-state index in [1.54, 1.807) is 11.3 Å². The van der Waals surface area contributed by atoms with Gasteiger partial charge in [0.05, 0.1) is 4.88 Å². The van der Waals surface area contributed by atoms with Crippen LogP contribution in [0.1, 0.15) is 23.0 Å². The molecule has 1 amide bonds. The summed E-state index contributed by atoms with van der Waals surface area (Å²) < 4.78 is 0. The first kappa shape index (κ1) is 19.0. The molecule has 6 nitrogen and oxygen atoms in total. The molecule has 0 aromatic carbocycles. The third-order valence-corrected chi connectivity index (χ3v) is 6.76. The normalized spacial score (nSPS) is 15.0. The van der Waals surface area contributed by atoms with Crippen LogP contribution in [0.2, 0.25) is 0 Å². The van der Waals surface area contributed by atoms with E-state index in [9.17, 15) is 4.79 Å². The number of carbonyl (C=O) groups excluding carboxylic acids is 1. The second-order valence-corrected chi connectivity index (χ2v) is 8.45. The van der Waals surface area contributed by atoms with Crippen molar-refractivity contribution in [2.45, 2.75) is 13.5 Å². The number of hydrogen-bond donors (Lipinski definition) is 1. The number of nitrogens with zero attached hydrogens (tertiary/aromatic N) is 4. The van der Waals surface area contributed by atoms with Gasteiger partial charge in [0.1, 0.15) is 16.5 Å². The van der Waals surface area contributed by atoms with E-state index >= 15 is 0 Å². The summed E-state index contributed by atoms with van der Waals surface area (Å²) in [6, 6.07) is 8.08. The first-order chi connectivity index (χ1) is 13.7. The predicted octanol–water partition coefficient (Wildman–Crippen LogP) is 3.34. The number of likely N-dealkylation sites (N-methyl/N-ethyl adjacent to an activating group) is 1. The lowest BCUT2D eigenvalue weighted by atomic mass is 10.2. The number of anilines is 1. The molecule has 1 fully saturated rings. The minimum absolute atomic E-state index is 0.154.